The standard InChI is InChI=1S/C13H14N2O5/c1-7(10(16)17)13(11(18)14-12(19)15-13)8-4-3-5-9(6-8)20-2/h3-7H,1-2H3,(H,16,17)(H2,14,15,18,19). The lowest BCUT2D eigenvalue weighted by Crippen LogP contribution is -2.51. The summed E-state index contributed by atoms with van der Waals surface area (Å²) in [5, 5.41) is 13.8. The predicted molar refractivity (Wildman–Crippen MR) is 68.1 cm³/mol. The number of carbonyl (C=O) groups is 3. The van der Waals surface area contributed by atoms with Crippen molar-refractivity contribution < 1.29 is 24.2 Å². The van der Waals surface area contributed by atoms with Crippen molar-refractivity contribution in [3.63, 3.8) is 0 Å². The van der Waals surface area contributed by atoms with Crippen LogP contribution in [0.4, 0.5) is 4.79 Å². The van der Waals surface area contributed by atoms with Gasteiger partial charge in [-0.1, -0.05) is 12.1 Å². The topological polar surface area (TPSA) is 105 Å². The molecule has 0 aliphatic carbocycles. The zero-order valence-corrected chi connectivity index (χ0v) is 11.0. The molecule has 2 atom stereocenters. The molecule has 2 unspecified atom stereocenters. The number of imide groups is 1. The Labute approximate surface area is 114 Å². The normalized spacial score (nSPS) is 22.9. The van der Waals surface area contributed by atoms with Gasteiger partial charge in [-0.15, -0.1) is 0 Å². The third kappa shape index (κ3) is 1.97. The fraction of sp³-hybridized carbons (Fsp3) is 0.308. The molecule has 1 heterocycles. The molecule has 1 aromatic carbocycles. The molecule has 3 N–H and O–H groups in total. The van der Waals surface area contributed by atoms with E-state index in [1.807, 2.05) is 0 Å². The summed E-state index contributed by atoms with van der Waals surface area (Å²) in [5.74, 6) is -2.55. The molecule has 7 nitrogen and oxygen atoms in total. The average Bonchev–Trinajstić information content (AvgIpc) is 2.73. The van der Waals surface area contributed by atoms with Gasteiger partial charge in [-0.05, 0) is 24.6 Å². The number of hydrogen-bond donors (Lipinski definition) is 3. The van der Waals surface area contributed by atoms with Crippen molar-refractivity contribution in [1.82, 2.24) is 10.6 Å². The Morgan fingerprint density at radius 2 is 2.10 bits per heavy atom. The number of benzene rings is 1. The maximum absolute atomic E-state index is 12.2. The first kappa shape index (κ1) is 13.9. The lowest BCUT2D eigenvalue weighted by atomic mass is 9.79. The molecular weight excluding hydrogens is 264 g/mol. The maximum Gasteiger partial charge on any atom is 0.322 e. The lowest BCUT2D eigenvalue weighted by Gasteiger charge is -2.30. The molecule has 0 bridgehead atoms. The van der Waals surface area contributed by atoms with Crippen LogP contribution in [-0.2, 0) is 15.1 Å². The molecule has 1 aliphatic heterocycles. The van der Waals surface area contributed by atoms with Gasteiger partial charge in [-0.25, -0.2) is 4.79 Å². The Bertz CT molecular complexity index is 586. The number of aliphatic carboxylic acids is 1. The number of carbonyl (C=O) groups excluding carboxylic acids is 2. The van der Waals surface area contributed by atoms with Crippen LogP contribution in [0, 0.1) is 5.92 Å². The number of urea groups is 1. The summed E-state index contributed by atoms with van der Waals surface area (Å²) < 4.78 is 5.07. The number of carboxylic acids is 1. The highest BCUT2D eigenvalue weighted by Crippen LogP contribution is 2.34. The molecule has 1 aromatic rings. The molecule has 2 rings (SSSR count). The molecule has 1 aliphatic rings. The first-order valence-corrected chi connectivity index (χ1v) is 5.92. The molecule has 3 amide bonds. The maximum atomic E-state index is 12.2. The van der Waals surface area contributed by atoms with E-state index in [-0.39, 0.29) is 0 Å². The van der Waals surface area contributed by atoms with E-state index in [1.54, 1.807) is 18.2 Å². The van der Waals surface area contributed by atoms with Crippen LogP contribution in [0.5, 0.6) is 5.75 Å². The number of carboxylic acid groups (broad SMARTS) is 1. The monoisotopic (exact) mass is 278 g/mol. The van der Waals surface area contributed by atoms with Crippen molar-refractivity contribution in [3.05, 3.63) is 29.8 Å². The summed E-state index contributed by atoms with van der Waals surface area (Å²) in [6.07, 6.45) is 0. The van der Waals surface area contributed by atoms with Gasteiger partial charge in [0.1, 0.15) is 5.75 Å². The van der Waals surface area contributed by atoms with Gasteiger partial charge in [-0.2, -0.15) is 0 Å². The molecule has 1 saturated heterocycles. The number of rotatable bonds is 4. The van der Waals surface area contributed by atoms with Gasteiger partial charge in [0.05, 0.1) is 13.0 Å². The molecule has 1 fully saturated rings. The van der Waals surface area contributed by atoms with Gasteiger partial charge in [0, 0.05) is 0 Å². The van der Waals surface area contributed by atoms with E-state index in [9.17, 15) is 19.5 Å². The predicted octanol–water partition coefficient (Wildman–Crippen LogP) is 0.451. The largest absolute Gasteiger partial charge is 0.497 e. The number of ether oxygens (including phenoxy) is 1. The highest BCUT2D eigenvalue weighted by molar-refractivity contribution is 6.09. The summed E-state index contributed by atoms with van der Waals surface area (Å²) >= 11 is 0. The molecule has 0 spiro atoms. The van der Waals surface area contributed by atoms with Crippen LogP contribution in [-0.4, -0.2) is 30.1 Å². The van der Waals surface area contributed by atoms with Crippen molar-refractivity contribution in [3.8, 4) is 5.75 Å². The number of hydrogen-bond acceptors (Lipinski definition) is 4. The number of amides is 3. The fourth-order valence-electron chi connectivity index (χ4n) is 2.28. The molecule has 106 valence electrons. The van der Waals surface area contributed by atoms with Gasteiger partial charge < -0.3 is 15.2 Å². The van der Waals surface area contributed by atoms with E-state index in [0.717, 1.165) is 0 Å². The van der Waals surface area contributed by atoms with Gasteiger partial charge in [0.25, 0.3) is 5.91 Å². The zero-order valence-electron chi connectivity index (χ0n) is 11.0. The summed E-state index contributed by atoms with van der Waals surface area (Å²) in [5.41, 5.74) is -1.28. The van der Waals surface area contributed by atoms with Crippen LogP contribution in [0.2, 0.25) is 0 Å². The third-order valence-corrected chi connectivity index (χ3v) is 3.44. The molecule has 20 heavy (non-hydrogen) atoms. The van der Waals surface area contributed by atoms with E-state index >= 15 is 0 Å². The first-order valence-electron chi connectivity index (χ1n) is 5.92. The van der Waals surface area contributed by atoms with Crippen LogP contribution in [0.25, 0.3) is 0 Å². The second-order valence-electron chi connectivity index (χ2n) is 4.51. The average molecular weight is 278 g/mol. The Morgan fingerprint density at radius 1 is 1.40 bits per heavy atom. The van der Waals surface area contributed by atoms with Gasteiger partial charge in [0.2, 0.25) is 0 Å². The SMILES string of the molecule is COc1cccc(C2(C(C)C(=O)O)NC(=O)NC2=O)c1. The minimum absolute atomic E-state index is 0.357. The summed E-state index contributed by atoms with van der Waals surface area (Å²) in [7, 11) is 1.46. The van der Waals surface area contributed by atoms with Gasteiger partial charge in [0.15, 0.2) is 5.54 Å². The minimum atomic E-state index is -1.64. The van der Waals surface area contributed by atoms with Crippen LogP contribution in [0.15, 0.2) is 24.3 Å². The van der Waals surface area contributed by atoms with Crippen molar-refractivity contribution in [2.75, 3.05) is 7.11 Å². The van der Waals surface area contributed by atoms with Crippen molar-refractivity contribution in [2.24, 2.45) is 5.92 Å². The second-order valence-corrected chi connectivity index (χ2v) is 4.51. The van der Waals surface area contributed by atoms with Crippen molar-refractivity contribution >= 4 is 17.9 Å². The van der Waals surface area contributed by atoms with Crippen molar-refractivity contribution in [2.45, 2.75) is 12.5 Å². The quantitative estimate of drug-likeness (QED) is 0.694. The molecule has 7 heteroatoms. The molecule has 0 saturated carbocycles. The Kier molecular flexibility index (Phi) is 3.35. The van der Waals surface area contributed by atoms with E-state index in [4.69, 9.17) is 4.74 Å². The third-order valence-electron chi connectivity index (χ3n) is 3.44. The fourth-order valence-corrected chi connectivity index (χ4v) is 2.28. The summed E-state index contributed by atoms with van der Waals surface area (Å²) in [6, 6.07) is 5.68. The first-order chi connectivity index (χ1) is 9.41. The van der Waals surface area contributed by atoms with E-state index < -0.39 is 29.4 Å². The lowest BCUT2D eigenvalue weighted by molar-refractivity contribution is -0.147. The minimum Gasteiger partial charge on any atom is -0.497 e. The van der Waals surface area contributed by atoms with Crippen LogP contribution in [0.3, 0.4) is 0 Å². The van der Waals surface area contributed by atoms with E-state index in [1.165, 1.54) is 20.1 Å². The van der Waals surface area contributed by atoms with Gasteiger partial charge in [-0.3, -0.25) is 14.9 Å². The number of methoxy groups -OCH3 is 1. The second kappa shape index (κ2) is 4.84. The van der Waals surface area contributed by atoms with E-state index in [0.29, 0.717) is 11.3 Å². The zero-order chi connectivity index (χ0) is 14.9. The Hall–Kier alpha value is -2.57. The van der Waals surface area contributed by atoms with Crippen LogP contribution in [0.1, 0.15) is 12.5 Å². The highest BCUT2D eigenvalue weighted by Gasteiger charge is 2.54. The van der Waals surface area contributed by atoms with Gasteiger partial charge >= 0.3 is 12.0 Å². The summed E-state index contributed by atoms with van der Waals surface area (Å²) in [6.45, 7) is 1.37. The highest BCUT2D eigenvalue weighted by atomic mass is 16.5. The number of nitrogens with one attached hydrogen (secondary N) is 2. The van der Waals surface area contributed by atoms with Crippen LogP contribution < -0.4 is 15.4 Å². The summed E-state index contributed by atoms with van der Waals surface area (Å²) in [4.78, 5) is 34.9. The smallest absolute Gasteiger partial charge is 0.322 e. The van der Waals surface area contributed by atoms with Crippen LogP contribution >= 0.6 is 0 Å². The van der Waals surface area contributed by atoms with E-state index in [2.05, 4.69) is 10.6 Å². The Morgan fingerprint density at radius 3 is 2.60 bits per heavy atom. The molecular formula is C13H14N2O5. The molecule has 0 radical (unpaired) electrons. The molecule has 0 aromatic heterocycles. The Balaban J connectivity index is 2.60. The van der Waals surface area contributed by atoms with Crippen molar-refractivity contribution in [1.29, 1.82) is 0 Å².